The second kappa shape index (κ2) is 7.28. The van der Waals surface area contributed by atoms with Crippen LogP contribution in [0.2, 0.25) is 0 Å². The van der Waals surface area contributed by atoms with Gasteiger partial charge in [0.25, 0.3) is 0 Å². The first-order valence-corrected chi connectivity index (χ1v) is 9.30. The Kier molecular flexibility index (Phi) is 4.70. The summed E-state index contributed by atoms with van der Waals surface area (Å²) in [5, 5.41) is 0. The molecule has 3 aromatic carbocycles. The molecule has 1 amide bonds. The molecule has 1 heterocycles. The fraction of sp³-hybridized carbons (Fsp3) is 0.0909. The summed E-state index contributed by atoms with van der Waals surface area (Å²) < 4.78 is 1.64. The molecule has 127 valence electrons. The third kappa shape index (κ3) is 3.34. The van der Waals surface area contributed by atoms with Crippen molar-refractivity contribution >= 4 is 33.5 Å². The van der Waals surface area contributed by atoms with Gasteiger partial charge in [0.1, 0.15) is 0 Å². The first kappa shape index (κ1) is 16.8. The number of aliphatic imine (C=N–C) groups is 1. The summed E-state index contributed by atoms with van der Waals surface area (Å²) in [6.45, 7) is 0.698. The fourth-order valence-electron chi connectivity index (χ4n) is 3.14. The van der Waals surface area contributed by atoms with Crippen LogP contribution < -0.4 is 0 Å². The van der Waals surface area contributed by atoms with Gasteiger partial charge in [-0.1, -0.05) is 0 Å². The van der Waals surface area contributed by atoms with Crippen molar-refractivity contribution in [3.8, 4) is 0 Å². The molecule has 1 radical (unpaired) electrons. The number of amides is 1. The maximum absolute atomic E-state index is 12.3. The molecule has 4 rings (SSSR count). The van der Waals surface area contributed by atoms with Crippen LogP contribution in [0, 0.1) is 0 Å². The molecule has 26 heavy (non-hydrogen) atoms. The molecule has 0 aromatic heterocycles. The van der Waals surface area contributed by atoms with Gasteiger partial charge in [0.15, 0.2) is 0 Å². The zero-order chi connectivity index (χ0) is 17.9. The number of rotatable bonds is 3. The van der Waals surface area contributed by atoms with E-state index in [4.69, 9.17) is 4.99 Å². The molecule has 1 aliphatic rings. The third-order valence-electron chi connectivity index (χ3n) is 4.47. The standard InChI is InChI=1S/C22H17N2OSe/c25-22-20-12-11-19(15-18(20)13-14-24(22)26)23-21(16-7-3-1-4-8-16)17-9-5-2-6-10-17/h1-12,15H,13-14H2. The van der Waals surface area contributed by atoms with Crippen molar-refractivity contribution in [3.63, 3.8) is 0 Å². The van der Waals surface area contributed by atoms with Gasteiger partial charge in [-0.05, 0) is 0 Å². The summed E-state index contributed by atoms with van der Waals surface area (Å²) in [6.07, 6.45) is 0.837. The Morgan fingerprint density at radius 3 is 2.12 bits per heavy atom. The van der Waals surface area contributed by atoms with E-state index in [2.05, 4.69) is 40.5 Å². The van der Waals surface area contributed by atoms with Gasteiger partial charge in [0.2, 0.25) is 0 Å². The normalized spacial score (nSPS) is 13.3. The van der Waals surface area contributed by atoms with Crippen molar-refractivity contribution in [2.75, 3.05) is 6.54 Å². The van der Waals surface area contributed by atoms with Crippen LogP contribution in [-0.4, -0.2) is 38.3 Å². The van der Waals surface area contributed by atoms with Gasteiger partial charge in [-0.25, -0.2) is 0 Å². The van der Waals surface area contributed by atoms with Crippen molar-refractivity contribution in [2.24, 2.45) is 4.99 Å². The maximum atomic E-state index is 12.3. The van der Waals surface area contributed by atoms with Crippen LogP contribution in [0.3, 0.4) is 0 Å². The Hall–Kier alpha value is -2.68. The Morgan fingerprint density at radius 2 is 1.50 bits per heavy atom. The molecule has 1 aliphatic heterocycles. The molecule has 0 spiro atoms. The van der Waals surface area contributed by atoms with Crippen molar-refractivity contribution in [2.45, 2.75) is 6.42 Å². The molecule has 0 N–H and O–H groups in total. The Morgan fingerprint density at radius 1 is 0.885 bits per heavy atom. The molecule has 0 fully saturated rings. The molecule has 3 aromatic rings. The minimum absolute atomic E-state index is 0.0353. The van der Waals surface area contributed by atoms with E-state index in [1.54, 1.807) is 3.92 Å². The molecule has 0 saturated carbocycles. The van der Waals surface area contributed by atoms with Crippen LogP contribution in [0.25, 0.3) is 0 Å². The van der Waals surface area contributed by atoms with Gasteiger partial charge in [0.05, 0.1) is 0 Å². The van der Waals surface area contributed by atoms with E-state index in [0.29, 0.717) is 6.54 Å². The second-order valence-corrected chi connectivity index (χ2v) is 7.12. The van der Waals surface area contributed by atoms with Crippen molar-refractivity contribution in [3.05, 3.63) is 101 Å². The van der Waals surface area contributed by atoms with Crippen molar-refractivity contribution in [1.82, 2.24) is 3.92 Å². The molecule has 4 heteroatoms. The molecule has 0 saturated heterocycles. The van der Waals surface area contributed by atoms with E-state index in [-0.39, 0.29) is 5.91 Å². The summed E-state index contributed by atoms with van der Waals surface area (Å²) in [4.78, 5) is 17.2. The van der Waals surface area contributed by atoms with E-state index < -0.39 is 0 Å². The van der Waals surface area contributed by atoms with Crippen LogP contribution in [0.4, 0.5) is 5.69 Å². The first-order valence-electron chi connectivity index (χ1n) is 8.54. The zero-order valence-electron chi connectivity index (χ0n) is 14.1. The van der Waals surface area contributed by atoms with Gasteiger partial charge in [0, 0.05) is 0 Å². The zero-order valence-corrected chi connectivity index (χ0v) is 15.8. The number of carbonyl (C=O) groups excluding carboxylic acids is 1. The van der Waals surface area contributed by atoms with Gasteiger partial charge in [-0.3, -0.25) is 0 Å². The summed E-state index contributed by atoms with van der Waals surface area (Å²) >= 11 is 2.82. The van der Waals surface area contributed by atoms with Crippen LogP contribution in [0.5, 0.6) is 0 Å². The Labute approximate surface area is 161 Å². The van der Waals surface area contributed by atoms with Gasteiger partial charge in [-0.15, -0.1) is 0 Å². The van der Waals surface area contributed by atoms with Crippen LogP contribution >= 0.6 is 0 Å². The quantitative estimate of drug-likeness (QED) is 0.481. The Balaban J connectivity index is 1.80. The third-order valence-corrected chi connectivity index (χ3v) is 5.20. The number of nitrogens with zero attached hydrogens (tertiary/aromatic N) is 2. The molecule has 0 aliphatic carbocycles. The molecule has 3 nitrogen and oxygen atoms in total. The predicted octanol–water partition coefficient (Wildman–Crippen LogP) is 3.94. The Bertz CT molecular complexity index is 926. The molecular formula is C22H17N2OSe. The average molecular weight is 404 g/mol. The summed E-state index contributed by atoms with van der Waals surface area (Å²) in [5.74, 6) is 0.0353. The molecule has 0 unspecified atom stereocenters. The molecule has 0 atom stereocenters. The number of hydrogen-bond donors (Lipinski definition) is 0. The predicted molar refractivity (Wildman–Crippen MR) is 105 cm³/mol. The van der Waals surface area contributed by atoms with Gasteiger partial charge >= 0.3 is 161 Å². The summed E-state index contributed by atoms with van der Waals surface area (Å²) in [5.41, 5.74) is 5.76. The number of hydrogen-bond acceptors (Lipinski definition) is 2. The van der Waals surface area contributed by atoms with Crippen LogP contribution in [0.1, 0.15) is 27.0 Å². The van der Waals surface area contributed by atoms with E-state index in [1.807, 2.05) is 54.6 Å². The van der Waals surface area contributed by atoms with Crippen LogP contribution in [0.15, 0.2) is 83.9 Å². The topological polar surface area (TPSA) is 32.7 Å². The molecule has 0 bridgehead atoms. The summed E-state index contributed by atoms with van der Waals surface area (Å²) in [6, 6.07) is 26.2. The van der Waals surface area contributed by atoms with E-state index in [0.717, 1.165) is 40.1 Å². The summed E-state index contributed by atoms with van der Waals surface area (Å²) in [7, 11) is 0. The first-order chi connectivity index (χ1) is 12.7. The van der Waals surface area contributed by atoms with E-state index >= 15 is 0 Å². The molecular weight excluding hydrogens is 387 g/mol. The number of benzene rings is 3. The number of fused-ring (bicyclic) bond motifs is 1. The number of carbonyl (C=O) groups is 1. The van der Waals surface area contributed by atoms with E-state index in [9.17, 15) is 4.79 Å². The SMILES string of the molecule is O=C1c2ccc(N=C(c3ccccc3)c3ccccc3)cc2CCN1[Se]. The van der Waals surface area contributed by atoms with Crippen LogP contribution in [-0.2, 0) is 6.42 Å². The van der Waals surface area contributed by atoms with E-state index in [1.165, 1.54) is 0 Å². The van der Waals surface area contributed by atoms with Crippen molar-refractivity contribution < 1.29 is 4.79 Å². The minimum atomic E-state index is 0.0353. The second-order valence-electron chi connectivity index (χ2n) is 6.19. The van der Waals surface area contributed by atoms with Gasteiger partial charge < -0.3 is 0 Å². The van der Waals surface area contributed by atoms with Crippen molar-refractivity contribution in [1.29, 1.82) is 0 Å². The van der Waals surface area contributed by atoms with Gasteiger partial charge in [-0.2, -0.15) is 0 Å². The average Bonchev–Trinajstić information content (AvgIpc) is 2.70. The fourth-order valence-corrected chi connectivity index (χ4v) is 3.54. The monoisotopic (exact) mass is 405 g/mol.